The van der Waals surface area contributed by atoms with Gasteiger partial charge in [-0.3, -0.25) is 9.59 Å². The largest absolute Gasteiger partial charge is 0.346 e. The number of nitrogens with one attached hydrogen (secondary N) is 1. The highest BCUT2D eigenvalue weighted by atomic mass is 35.5. The van der Waals surface area contributed by atoms with E-state index in [0.29, 0.717) is 18.3 Å². The molecule has 0 saturated carbocycles. The molecule has 2 amide bonds. The van der Waals surface area contributed by atoms with Crippen molar-refractivity contribution in [1.82, 2.24) is 15.1 Å². The van der Waals surface area contributed by atoms with E-state index in [-0.39, 0.29) is 30.1 Å². The lowest BCUT2D eigenvalue weighted by Crippen LogP contribution is -2.44. The van der Waals surface area contributed by atoms with Crippen LogP contribution in [0.2, 0.25) is 0 Å². The number of likely N-dealkylation sites (tertiary alicyclic amines) is 1. The summed E-state index contributed by atoms with van der Waals surface area (Å²) < 4.78 is 0. The number of unbranched alkanes of at least 4 members (excludes halogenated alkanes) is 1. The van der Waals surface area contributed by atoms with Crippen LogP contribution in [-0.2, 0) is 9.59 Å². The average Bonchev–Trinajstić information content (AvgIpc) is 2.66. The third-order valence-corrected chi connectivity index (χ3v) is 6.11. The van der Waals surface area contributed by atoms with Crippen molar-refractivity contribution in [3.63, 3.8) is 0 Å². The lowest BCUT2D eigenvalue weighted by Gasteiger charge is -2.35. The van der Waals surface area contributed by atoms with Crippen LogP contribution in [0.3, 0.4) is 0 Å². The van der Waals surface area contributed by atoms with E-state index in [9.17, 15) is 9.59 Å². The van der Waals surface area contributed by atoms with E-state index in [2.05, 4.69) is 19.2 Å². The van der Waals surface area contributed by atoms with Crippen LogP contribution in [-0.4, -0.2) is 61.4 Å². The number of piperidine rings is 2. The fraction of sp³-hybridized carbons (Fsp3) is 0.900. The molecule has 0 bridgehead atoms. The van der Waals surface area contributed by atoms with Gasteiger partial charge in [-0.25, -0.2) is 0 Å². The molecule has 2 aliphatic heterocycles. The topological polar surface area (TPSA) is 52.7 Å². The van der Waals surface area contributed by atoms with E-state index in [0.717, 1.165) is 58.4 Å². The molecule has 0 aliphatic carbocycles. The van der Waals surface area contributed by atoms with Crippen molar-refractivity contribution in [3.05, 3.63) is 0 Å². The zero-order valence-electron chi connectivity index (χ0n) is 16.8. The fourth-order valence-corrected chi connectivity index (χ4v) is 4.18. The summed E-state index contributed by atoms with van der Waals surface area (Å²) >= 11 is 0. The third-order valence-electron chi connectivity index (χ3n) is 6.11. The summed E-state index contributed by atoms with van der Waals surface area (Å²) in [4.78, 5) is 29.0. The minimum Gasteiger partial charge on any atom is -0.346 e. The van der Waals surface area contributed by atoms with Crippen molar-refractivity contribution in [2.45, 2.75) is 58.8 Å². The first kappa shape index (κ1) is 23.2. The highest BCUT2D eigenvalue weighted by Crippen LogP contribution is 2.26. The van der Waals surface area contributed by atoms with E-state index in [1.165, 1.54) is 12.8 Å². The van der Waals surface area contributed by atoms with Crippen molar-refractivity contribution in [3.8, 4) is 0 Å². The molecule has 1 N–H and O–H groups in total. The maximum atomic E-state index is 12.6. The Morgan fingerprint density at radius 1 is 1.15 bits per heavy atom. The first-order valence-electron chi connectivity index (χ1n) is 10.3. The molecule has 1 atom stereocenters. The van der Waals surface area contributed by atoms with Crippen molar-refractivity contribution in [2.75, 3.05) is 39.8 Å². The van der Waals surface area contributed by atoms with Gasteiger partial charge in [-0.05, 0) is 57.0 Å². The summed E-state index contributed by atoms with van der Waals surface area (Å²) in [7, 11) is 1.91. The molecule has 2 rings (SSSR count). The van der Waals surface area contributed by atoms with Crippen molar-refractivity contribution in [2.24, 2.45) is 17.8 Å². The van der Waals surface area contributed by atoms with E-state index < -0.39 is 0 Å². The van der Waals surface area contributed by atoms with Crippen molar-refractivity contribution >= 4 is 24.2 Å². The number of carbonyl (C=O) groups is 2. The van der Waals surface area contributed by atoms with Crippen molar-refractivity contribution in [1.29, 1.82) is 0 Å². The maximum absolute atomic E-state index is 12.6. The lowest BCUT2D eigenvalue weighted by atomic mass is 9.83. The van der Waals surface area contributed by atoms with Crippen molar-refractivity contribution < 1.29 is 9.59 Å². The van der Waals surface area contributed by atoms with Gasteiger partial charge in [0.2, 0.25) is 11.8 Å². The Balaban J connectivity index is 0.00000338. The molecule has 5 nitrogen and oxygen atoms in total. The van der Waals surface area contributed by atoms with Crippen LogP contribution in [0.5, 0.6) is 0 Å². The molecule has 2 heterocycles. The summed E-state index contributed by atoms with van der Waals surface area (Å²) in [6.45, 7) is 8.89. The minimum absolute atomic E-state index is 0. The highest BCUT2D eigenvalue weighted by Gasteiger charge is 2.30. The second kappa shape index (κ2) is 11.8. The monoisotopic (exact) mass is 387 g/mol. The van der Waals surface area contributed by atoms with Gasteiger partial charge in [0, 0.05) is 39.0 Å². The molecule has 0 aromatic carbocycles. The third kappa shape index (κ3) is 6.73. The Bertz CT molecular complexity index is 433. The SMILES string of the molecule is CCCCN(C)C(=O)C1CCN(C(=O)CC(C)C2CCNCC2)CC1.Cl. The summed E-state index contributed by atoms with van der Waals surface area (Å²) in [6, 6.07) is 0. The van der Waals surface area contributed by atoms with Gasteiger partial charge in [0.25, 0.3) is 0 Å². The molecule has 0 aromatic rings. The molecule has 2 fully saturated rings. The lowest BCUT2D eigenvalue weighted by molar-refractivity contribution is -0.140. The number of hydrogen-bond donors (Lipinski definition) is 1. The zero-order valence-corrected chi connectivity index (χ0v) is 17.7. The number of hydrogen-bond acceptors (Lipinski definition) is 3. The number of amides is 2. The number of rotatable bonds is 7. The zero-order chi connectivity index (χ0) is 18.2. The summed E-state index contributed by atoms with van der Waals surface area (Å²) in [5, 5.41) is 3.39. The van der Waals surface area contributed by atoms with Crippen LogP contribution in [0.4, 0.5) is 0 Å². The van der Waals surface area contributed by atoms with Crippen LogP contribution in [0.1, 0.15) is 58.8 Å². The van der Waals surface area contributed by atoms with E-state index in [1.54, 1.807) is 0 Å². The molecule has 1 unspecified atom stereocenters. The van der Waals surface area contributed by atoms with Gasteiger partial charge in [-0.15, -0.1) is 12.4 Å². The van der Waals surface area contributed by atoms with Gasteiger partial charge < -0.3 is 15.1 Å². The molecule has 6 heteroatoms. The fourth-order valence-electron chi connectivity index (χ4n) is 4.18. The Labute approximate surface area is 165 Å². The number of carbonyl (C=O) groups excluding carboxylic acids is 2. The molecule has 26 heavy (non-hydrogen) atoms. The van der Waals surface area contributed by atoms with E-state index in [4.69, 9.17) is 0 Å². The van der Waals surface area contributed by atoms with Gasteiger partial charge >= 0.3 is 0 Å². The second-order valence-electron chi connectivity index (χ2n) is 8.04. The van der Waals surface area contributed by atoms with Crippen LogP contribution in [0.25, 0.3) is 0 Å². The average molecular weight is 388 g/mol. The smallest absolute Gasteiger partial charge is 0.225 e. The standard InChI is InChI=1S/C20H37N3O2.ClH/c1-4-5-12-22(3)20(25)18-8-13-23(14-9-18)19(24)15-16(2)17-6-10-21-11-7-17;/h16-18,21H,4-15H2,1-3H3;1H. The summed E-state index contributed by atoms with van der Waals surface area (Å²) in [5.41, 5.74) is 0. The first-order chi connectivity index (χ1) is 12.0. The predicted octanol–water partition coefficient (Wildman–Crippen LogP) is 2.93. The van der Waals surface area contributed by atoms with Crippen LogP contribution in [0.15, 0.2) is 0 Å². The normalized spacial score (nSPS) is 20.3. The number of halogens is 1. The van der Waals surface area contributed by atoms with Gasteiger partial charge in [0.1, 0.15) is 0 Å². The Morgan fingerprint density at radius 2 is 1.77 bits per heavy atom. The molecule has 152 valence electrons. The van der Waals surface area contributed by atoms with Crippen LogP contribution >= 0.6 is 12.4 Å². The number of nitrogens with zero attached hydrogens (tertiary/aromatic N) is 2. The van der Waals surface area contributed by atoms with Gasteiger partial charge in [-0.2, -0.15) is 0 Å². The second-order valence-corrected chi connectivity index (χ2v) is 8.04. The highest BCUT2D eigenvalue weighted by molar-refractivity contribution is 5.85. The van der Waals surface area contributed by atoms with Gasteiger partial charge in [0.05, 0.1) is 0 Å². The summed E-state index contributed by atoms with van der Waals surface area (Å²) in [5.74, 6) is 1.80. The quantitative estimate of drug-likeness (QED) is 0.730. The molecule has 0 radical (unpaired) electrons. The molecule has 0 spiro atoms. The Hall–Kier alpha value is -0.810. The molecule has 2 aliphatic rings. The van der Waals surface area contributed by atoms with E-state index >= 15 is 0 Å². The Kier molecular flexibility index (Phi) is 10.6. The van der Waals surface area contributed by atoms with Crippen LogP contribution in [0, 0.1) is 17.8 Å². The minimum atomic E-state index is 0. The predicted molar refractivity (Wildman–Crippen MR) is 108 cm³/mol. The molecule has 2 saturated heterocycles. The molecular formula is C20H38ClN3O2. The van der Waals surface area contributed by atoms with Crippen LogP contribution < -0.4 is 5.32 Å². The summed E-state index contributed by atoms with van der Waals surface area (Å²) in [6.07, 6.45) is 6.86. The maximum Gasteiger partial charge on any atom is 0.225 e. The Morgan fingerprint density at radius 3 is 2.35 bits per heavy atom. The van der Waals surface area contributed by atoms with Gasteiger partial charge in [-0.1, -0.05) is 20.3 Å². The van der Waals surface area contributed by atoms with E-state index in [1.807, 2.05) is 16.8 Å². The van der Waals surface area contributed by atoms with Gasteiger partial charge in [0.15, 0.2) is 0 Å². The molecule has 0 aromatic heterocycles. The molecular weight excluding hydrogens is 350 g/mol. The first-order valence-corrected chi connectivity index (χ1v) is 10.3.